The number of hydrogen-bond donors (Lipinski definition) is 2. The van der Waals surface area contributed by atoms with E-state index >= 15 is 0 Å². The Labute approximate surface area is 73.0 Å². The highest BCUT2D eigenvalue weighted by Crippen LogP contribution is 2.20. The molecule has 0 heterocycles. The summed E-state index contributed by atoms with van der Waals surface area (Å²) in [6.45, 7) is 4.26. The van der Waals surface area contributed by atoms with Crippen LogP contribution in [0.4, 0.5) is 0 Å². The fourth-order valence-corrected chi connectivity index (χ4v) is 1.47. The first kappa shape index (κ1) is 9.23. The van der Waals surface area contributed by atoms with E-state index in [1.54, 1.807) is 0 Å². The summed E-state index contributed by atoms with van der Waals surface area (Å²) in [6.07, 6.45) is -0.522. The Bertz CT molecular complexity index is 250. The molecule has 12 heavy (non-hydrogen) atoms. The second kappa shape index (κ2) is 3.70. The molecule has 0 aliphatic rings. The number of hydrogen-bond acceptors (Lipinski definition) is 2. The minimum Gasteiger partial charge on any atom is -0.387 e. The topological polar surface area (TPSA) is 46.2 Å². The maximum atomic E-state index is 9.57. The van der Waals surface area contributed by atoms with Gasteiger partial charge in [0.2, 0.25) is 0 Å². The Kier molecular flexibility index (Phi) is 2.84. The fourth-order valence-electron chi connectivity index (χ4n) is 1.47. The summed E-state index contributed by atoms with van der Waals surface area (Å²) >= 11 is 0. The van der Waals surface area contributed by atoms with E-state index in [-0.39, 0.29) is 6.54 Å². The predicted molar refractivity (Wildman–Crippen MR) is 49.9 cm³/mol. The minimum atomic E-state index is -0.522. The summed E-state index contributed by atoms with van der Waals surface area (Å²) in [4.78, 5) is 0. The van der Waals surface area contributed by atoms with E-state index in [0.717, 1.165) is 16.7 Å². The summed E-state index contributed by atoms with van der Waals surface area (Å²) in [5.74, 6) is 0. The van der Waals surface area contributed by atoms with Gasteiger partial charge in [-0.25, -0.2) is 0 Å². The van der Waals surface area contributed by atoms with Gasteiger partial charge in [0.1, 0.15) is 0 Å². The SMILES string of the molecule is Cc1cccc(C)c1[C@@H](O)CN. The first-order chi connectivity index (χ1) is 5.66. The van der Waals surface area contributed by atoms with Crippen LogP contribution < -0.4 is 5.73 Å². The van der Waals surface area contributed by atoms with Crippen molar-refractivity contribution in [3.8, 4) is 0 Å². The van der Waals surface area contributed by atoms with Crippen LogP contribution in [0.3, 0.4) is 0 Å². The third kappa shape index (κ3) is 1.65. The second-order valence-corrected chi connectivity index (χ2v) is 3.06. The van der Waals surface area contributed by atoms with Gasteiger partial charge in [0.05, 0.1) is 6.10 Å². The zero-order valence-electron chi connectivity index (χ0n) is 7.54. The zero-order chi connectivity index (χ0) is 9.14. The molecule has 0 fully saturated rings. The van der Waals surface area contributed by atoms with E-state index < -0.39 is 6.10 Å². The van der Waals surface area contributed by atoms with Crippen LogP contribution >= 0.6 is 0 Å². The molecule has 0 unspecified atom stereocenters. The van der Waals surface area contributed by atoms with Crippen molar-refractivity contribution >= 4 is 0 Å². The fraction of sp³-hybridized carbons (Fsp3) is 0.400. The lowest BCUT2D eigenvalue weighted by atomic mass is 9.98. The highest BCUT2D eigenvalue weighted by Gasteiger charge is 2.09. The van der Waals surface area contributed by atoms with Gasteiger partial charge in [-0.3, -0.25) is 0 Å². The van der Waals surface area contributed by atoms with Gasteiger partial charge in [-0.05, 0) is 30.5 Å². The molecule has 1 aromatic carbocycles. The normalized spacial score (nSPS) is 13.0. The number of rotatable bonds is 2. The Morgan fingerprint density at radius 2 is 1.83 bits per heavy atom. The van der Waals surface area contributed by atoms with Crippen LogP contribution in [0.25, 0.3) is 0 Å². The van der Waals surface area contributed by atoms with Gasteiger partial charge in [-0.2, -0.15) is 0 Å². The van der Waals surface area contributed by atoms with Gasteiger partial charge < -0.3 is 10.8 Å². The molecule has 0 aliphatic heterocycles. The third-order valence-corrected chi connectivity index (χ3v) is 2.10. The van der Waals surface area contributed by atoms with Crippen molar-refractivity contribution in [1.82, 2.24) is 0 Å². The molecule has 0 amide bonds. The maximum absolute atomic E-state index is 9.57. The summed E-state index contributed by atoms with van der Waals surface area (Å²) < 4.78 is 0. The van der Waals surface area contributed by atoms with Gasteiger partial charge in [0.25, 0.3) is 0 Å². The van der Waals surface area contributed by atoms with E-state index in [1.165, 1.54) is 0 Å². The van der Waals surface area contributed by atoms with Crippen molar-refractivity contribution in [2.24, 2.45) is 5.73 Å². The lowest BCUT2D eigenvalue weighted by Crippen LogP contribution is -2.13. The van der Waals surface area contributed by atoms with Crippen LogP contribution in [0.2, 0.25) is 0 Å². The Morgan fingerprint density at radius 1 is 1.33 bits per heavy atom. The molecule has 0 saturated carbocycles. The smallest absolute Gasteiger partial charge is 0.0917 e. The molecule has 0 saturated heterocycles. The molecule has 3 N–H and O–H groups in total. The molecule has 0 aromatic heterocycles. The number of nitrogens with two attached hydrogens (primary N) is 1. The van der Waals surface area contributed by atoms with E-state index in [4.69, 9.17) is 5.73 Å². The van der Waals surface area contributed by atoms with Gasteiger partial charge >= 0.3 is 0 Å². The molecular weight excluding hydrogens is 150 g/mol. The summed E-state index contributed by atoms with van der Waals surface area (Å²) in [5.41, 5.74) is 8.57. The number of aliphatic hydroxyl groups excluding tert-OH is 1. The molecule has 1 rings (SSSR count). The first-order valence-corrected chi connectivity index (χ1v) is 4.11. The predicted octanol–water partition coefficient (Wildman–Crippen LogP) is 1.30. The van der Waals surface area contributed by atoms with Crippen molar-refractivity contribution < 1.29 is 5.11 Å². The largest absolute Gasteiger partial charge is 0.387 e. The van der Waals surface area contributed by atoms with Crippen LogP contribution in [0.1, 0.15) is 22.8 Å². The van der Waals surface area contributed by atoms with Gasteiger partial charge in [-0.15, -0.1) is 0 Å². The average molecular weight is 165 g/mol. The highest BCUT2D eigenvalue weighted by atomic mass is 16.3. The summed E-state index contributed by atoms with van der Waals surface area (Å²) in [6, 6.07) is 5.96. The van der Waals surface area contributed by atoms with Crippen LogP contribution in [0.15, 0.2) is 18.2 Å². The van der Waals surface area contributed by atoms with Gasteiger partial charge in [0.15, 0.2) is 0 Å². The molecule has 2 nitrogen and oxygen atoms in total. The standard InChI is InChI=1S/C10H15NO/c1-7-4-3-5-8(2)10(7)9(12)6-11/h3-5,9,12H,6,11H2,1-2H3/t9-/m0/s1. The van der Waals surface area contributed by atoms with Crippen molar-refractivity contribution in [2.75, 3.05) is 6.54 Å². The molecule has 1 aromatic rings. The maximum Gasteiger partial charge on any atom is 0.0917 e. The third-order valence-electron chi connectivity index (χ3n) is 2.10. The molecule has 66 valence electrons. The van der Waals surface area contributed by atoms with Crippen LogP contribution in [0.5, 0.6) is 0 Å². The van der Waals surface area contributed by atoms with Crippen molar-refractivity contribution in [2.45, 2.75) is 20.0 Å². The second-order valence-electron chi connectivity index (χ2n) is 3.06. The molecule has 0 spiro atoms. The number of aliphatic hydroxyl groups is 1. The monoisotopic (exact) mass is 165 g/mol. The molecule has 2 heteroatoms. The van der Waals surface area contributed by atoms with E-state index in [0.29, 0.717) is 0 Å². The Morgan fingerprint density at radius 3 is 2.25 bits per heavy atom. The minimum absolute atomic E-state index is 0.283. The van der Waals surface area contributed by atoms with Gasteiger partial charge in [0, 0.05) is 6.54 Å². The van der Waals surface area contributed by atoms with Crippen LogP contribution in [-0.4, -0.2) is 11.7 Å². The lowest BCUT2D eigenvalue weighted by Gasteiger charge is -2.14. The number of benzene rings is 1. The quantitative estimate of drug-likeness (QED) is 0.693. The average Bonchev–Trinajstić information content (AvgIpc) is 2.03. The molecule has 1 atom stereocenters. The van der Waals surface area contributed by atoms with Crippen LogP contribution in [-0.2, 0) is 0 Å². The molecule has 0 aliphatic carbocycles. The molecule has 0 bridgehead atoms. The Hall–Kier alpha value is -0.860. The van der Waals surface area contributed by atoms with E-state index in [2.05, 4.69) is 0 Å². The lowest BCUT2D eigenvalue weighted by molar-refractivity contribution is 0.185. The summed E-state index contributed by atoms with van der Waals surface area (Å²) in [7, 11) is 0. The van der Waals surface area contributed by atoms with Crippen molar-refractivity contribution in [3.05, 3.63) is 34.9 Å². The zero-order valence-corrected chi connectivity index (χ0v) is 7.54. The van der Waals surface area contributed by atoms with E-state index in [9.17, 15) is 5.11 Å². The Balaban J connectivity index is 3.12. The molecular formula is C10H15NO. The van der Waals surface area contributed by atoms with Crippen LogP contribution in [0, 0.1) is 13.8 Å². The highest BCUT2D eigenvalue weighted by molar-refractivity contribution is 5.35. The van der Waals surface area contributed by atoms with Crippen molar-refractivity contribution in [3.63, 3.8) is 0 Å². The molecule has 0 radical (unpaired) electrons. The van der Waals surface area contributed by atoms with Gasteiger partial charge in [-0.1, -0.05) is 18.2 Å². The van der Waals surface area contributed by atoms with E-state index in [1.807, 2.05) is 32.0 Å². The summed E-state index contributed by atoms with van der Waals surface area (Å²) in [5, 5.41) is 9.57. The number of aryl methyl sites for hydroxylation is 2. The first-order valence-electron chi connectivity index (χ1n) is 4.11. The van der Waals surface area contributed by atoms with Crippen molar-refractivity contribution in [1.29, 1.82) is 0 Å².